The minimum absolute atomic E-state index is 0.0959. The Bertz CT molecular complexity index is 1730. The number of benzene rings is 4. The summed E-state index contributed by atoms with van der Waals surface area (Å²) in [5.74, 6) is -0.783. The van der Waals surface area contributed by atoms with Crippen molar-refractivity contribution in [3.63, 3.8) is 0 Å². The lowest BCUT2D eigenvalue weighted by Crippen LogP contribution is -2.30. The molecule has 0 bridgehead atoms. The van der Waals surface area contributed by atoms with Gasteiger partial charge in [-0.3, -0.25) is 14.4 Å². The number of aromatic amines is 1. The first-order chi connectivity index (χ1) is 19.9. The molecule has 4 N–H and O–H groups in total. The molecule has 9 heteroatoms. The van der Waals surface area contributed by atoms with E-state index in [-0.39, 0.29) is 17.4 Å². The van der Waals surface area contributed by atoms with Crippen molar-refractivity contribution in [2.75, 3.05) is 16.4 Å². The third kappa shape index (κ3) is 7.65. The van der Waals surface area contributed by atoms with Crippen molar-refractivity contribution in [3.8, 4) is 0 Å². The monoisotopic (exact) mass is 672 g/mol. The molecule has 1 aromatic heterocycles. The van der Waals surface area contributed by atoms with Crippen molar-refractivity contribution < 1.29 is 14.4 Å². The maximum absolute atomic E-state index is 13.5. The third-order valence-electron chi connectivity index (χ3n) is 6.04. The van der Waals surface area contributed by atoms with Gasteiger partial charge in [0, 0.05) is 48.1 Å². The average molecular weight is 673 g/mol. The summed E-state index contributed by atoms with van der Waals surface area (Å²) in [6.07, 6.45) is 3.45. The molecule has 0 aliphatic carbocycles. The Labute approximate surface area is 255 Å². The van der Waals surface area contributed by atoms with Crippen molar-refractivity contribution >= 4 is 80.4 Å². The van der Waals surface area contributed by atoms with E-state index in [0.29, 0.717) is 11.3 Å². The van der Waals surface area contributed by atoms with Crippen LogP contribution in [-0.4, -0.2) is 28.5 Å². The summed E-state index contributed by atoms with van der Waals surface area (Å²) in [6.45, 7) is 0. The van der Waals surface area contributed by atoms with Crippen molar-refractivity contribution in [1.29, 1.82) is 0 Å². The van der Waals surface area contributed by atoms with Crippen LogP contribution in [0.5, 0.6) is 0 Å². The van der Waals surface area contributed by atoms with Gasteiger partial charge in [-0.2, -0.15) is 0 Å². The van der Waals surface area contributed by atoms with Gasteiger partial charge in [0.2, 0.25) is 5.91 Å². The Balaban J connectivity index is 1.30. The number of para-hydroxylation sites is 1. The van der Waals surface area contributed by atoms with Crippen LogP contribution in [-0.2, 0) is 9.59 Å². The molecule has 0 spiro atoms. The van der Waals surface area contributed by atoms with E-state index in [9.17, 15) is 14.4 Å². The fourth-order valence-electron chi connectivity index (χ4n) is 4.05. The molecule has 0 fully saturated rings. The van der Waals surface area contributed by atoms with Crippen molar-refractivity contribution in [2.24, 2.45) is 0 Å². The molecule has 0 saturated heterocycles. The highest BCUT2D eigenvalue weighted by Gasteiger charge is 2.16. The first-order valence-electron chi connectivity index (χ1n) is 12.7. The maximum atomic E-state index is 13.5. The molecule has 0 saturated carbocycles. The SMILES string of the molecule is O=C(CSc1cccc(NC(=O)/C(=C/c2c[nH]c3ccccc23)NC(=O)c2ccccc2)c1)Nc1ccc(I)cc1. The highest BCUT2D eigenvalue weighted by Crippen LogP contribution is 2.24. The quantitative estimate of drug-likeness (QED) is 0.0777. The first kappa shape index (κ1) is 28.2. The van der Waals surface area contributed by atoms with Crippen LogP contribution in [0.1, 0.15) is 15.9 Å². The number of amides is 3. The van der Waals surface area contributed by atoms with Gasteiger partial charge in [-0.25, -0.2) is 0 Å². The van der Waals surface area contributed by atoms with Crippen LogP contribution in [0, 0.1) is 3.57 Å². The molecule has 5 rings (SSSR count). The summed E-state index contributed by atoms with van der Waals surface area (Å²) >= 11 is 3.57. The fourth-order valence-corrected chi connectivity index (χ4v) is 5.17. The predicted octanol–water partition coefficient (Wildman–Crippen LogP) is 6.91. The largest absolute Gasteiger partial charge is 0.361 e. The minimum atomic E-state index is -0.474. The number of nitrogens with one attached hydrogen (secondary N) is 4. The molecule has 0 aliphatic heterocycles. The molecule has 0 atom stereocenters. The van der Waals surface area contributed by atoms with Gasteiger partial charge in [-0.1, -0.05) is 42.5 Å². The number of hydrogen-bond acceptors (Lipinski definition) is 4. The van der Waals surface area contributed by atoms with Crippen molar-refractivity contribution in [3.05, 3.63) is 130 Å². The summed E-state index contributed by atoms with van der Waals surface area (Å²) in [5, 5.41) is 9.47. The zero-order chi connectivity index (χ0) is 28.6. The Hall–Kier alpha value is -4.35. The smallest absolute Gasteiger partial charge is 0.272 e. The van der Waals surface area contributed by atoms with Gasteiger partial charge in [-0.15, -0.1) is 11.8 Å². The van der Waals surface area contributed by atoms with E-state index in [1.165, 1.54) is 11.8 Å². The Morgan fingerprint density at radius 1 is 0.805 bits per heavy atom. The first-order valence-corrected chi connectivity index (χ1v) is 14.7. The summed E-state index contributed by atoms with van der Waals surface area (Å²) in [6, 6.07) is 31.3. The Morgan fingerprint density at radius 3 is 2.37 bits per heavy atom. The van der Waals surface area contributed by atoms with E-state index in [0.717, 1.165) is 30.6 Å². The van der Waals surface area contributed by atoms with Crippen LogP contribution in [0.4, 0.5) is 11.4 Å². The molecule has 3 amide bonds. The van der Waals surface area contributed by atoms with Crippen LogP contribution >= 0.6 is 34.4 Å². The predicted molar refractivity (Wildman–Crippen MR) is 174 cm³/mol. The molecule has 41 heavy (non-hydrogen) atoms. The number of anilines is 2. The molecular formula is C32H25IN4O3S. The number of halogens is 1. The van der Waals surface area contributed by atoms with Crippen LogP contribution < -0.4 is 16.0 Å². The summed E-state index contributed by atoms with van der Waals surface area (Å²) in [7, 11) is 0. The summed E-state index contributed by atoms with van der Waals surface area (Å²) in [4.78, 5) is 42.9. The number of carbonyl (C=O) groups excluding carboxylic acids is 3. The van der Waals surface area contributed by atoms with Gasteiger partial charge in [0.25, 0.3) is 11.8 Å². The molecule has 1 heterocycles. The topological polar surface area (TPSA) is 103 Å². The van der Waals surface area contributed by atoms with Gasteiger partial charge in [0.15, 0.2) is 0 Å². The molecule has 0 unspecified atom stereocenters. The minimum Gasteiger partial charge on any atom is -0.361 e. The lowest BCUT2D eigenvalue weighted by molar-refractivity contribution is -0.114. The number of rotatable bonds is 9. The van der Waals surface area contributed by atoms with Crippen molar-refractivity contribution in [1.82, 2.24) is 10.3 Å². The van der Waals surface area contributed by atoms with Gasteiger partial charge < -0.3 is 20.9 Å². The van der Waals surface area contributed by atoms with Gasteiger partial charge in [-0.05, 0) is 89.3 Å². The zero-order valence-corrected chi connectivity index (χ0v) is 24.7. The maximum Gasteiger partial charge on any atom is 0.272 e. The van der Waals surface area contributed by atoms with Crippen LogP contribution in [0.25, 0.3) is 17.0 Å². The number of carbonyl (C=O) groups is 3. The number of hydrogen-bond donors (Lipinski definition) is 4. The van der Waals surface area contributed by atoms with Crippen LogP contribution in [0.3, 0.4) is 0 Å². The van der Waals surface area contributed by atoms with E-state index in [4.69, 9.17) is 0 Å². The fraction of sp³-hybridized carbons (Fsp3) is 0.0312. The van der Waals surface area contributed by atoms with E-state index < -0.39 is 11.8 Å². The van der Waals surface area contributed by atoms with E-state index in [2.05, 4.69) is 43.5 Å². The molecule has 7 nitrogen and oxygen atoms in total. The number of thioether (sulfide) groups is 1. The molecule has 0 radical (unpaired) electrons. The number of H-pyrrole nitrogens is 1. The second kappa shape index (κ2) is 13.3. The van der Waals surface area contributed by atoms with Crippen molar-refractivity contribution in [2.45, 2.75) is 4.90 Å². The second-order valence-electron chi connectivity index (χ2n) is 8.99. The second-order valence-corrected chi connectivity index (χ2v) is 11.3. The molecule has 0 aliphatic rings. The standard InChI is InChI=1S/C32H25IN4O3S/c33-23-13-15-24(16-14-23)35-30(38)20-41-26-10-6-9-25(18-26)36-32(40)29(37-31(39)21-7-2-1-3-8-21)17-22-19-34-28-12-5-4-11-27(22)28/h1-19,34H,20H2,(H,35,38)(H,36,40)(H,37,39)/b29-17-. The highest BCUT2D eigenvalue weighted by molar-refractivity contribution is 14.1. The zero-order valence-electron chi connectivity index (χ0n) is 21.7. The van der Waals surface area contributed by atoms with E-state index >= 15 is 0 Å². The summed E-state index contributed by atoms with van der Waals surface area (Å²) < 4.78 is 1.09. The number of aromatic nitrogens is 1. The molecule has 204 valence electrons. The van der Waals surface area contributed by atoms with Crippen LogP contribution in [0.2, 0.25) is 0 Å². The molecule has 5 aromatic rings. The highest BCUT2D eigenvalue weighted by atomic mass is 127. The normalized spacial score (nSPS) is 11.2. The van der Waals surface area contributed by atoms with E-state index in [1.807, 2.05) is 60.7 Å². The van der Waals surface area contributed by atoms with Gasteiger partial charge >= 0.3 is 0 Å². The Morgan fingerprint density at radius 2 is 1.56 bits per heavy atom. The summed E-state index contributed by atoms with van der Waals surface area (Å²) in [5.41, 5.74) is 3.50. The number of fused-ring (bicyclic) bond motifs is 1. The lowest BCUT2D eigenvalue weighted by atomic mass is 10.1. The van der Waals surface area contributed by atoms with Crippen LogP contribution in [0.15, 0.2) is 120 Å². The Kier molecular flexibility index (Phi) is 9.17. The lowest BCUT2D eigenvalue weighted by Gasteiger charge is -2.12. The van der Waals surface area contributed by atoms with E-state index in [1.54, 1.807) is 54.7 Å². The third-order valence-corrected chi connectivity index (χ3v) is 7.75. The van der Waals surface area contributed by atoms with Gasteiger partial charge in [0.1, 0.15) is 5.70 Å². The molecule has 4 aromatic carbocycles. The average Bonchev–Trinajstić information content (AvgIpc) is 3.40. The van der Waals surface area contributed by atoms with Gasteiger partial charge in [0.05, 0.1) is 5.75 Å². The molecular weight excluding hydrogens is 647 g/mol.